The van der Waals surface area contributed by atoms with Gasteiger partial charge in [-0.3, -0.25) is 0 Å². The van der Waals surface area contributed by atoms with E-state index in [0.29, 0.717) is 42.6 Å². The summed E-state index contributed by atoms with van der Waals surface area (Å²) in [6.45, 7) is 15.3. The second-order valence-corrected chi connectivity index (χ2v) is 10.6. The third kappa shape index (κ3) is 9.18. The molecule has 0 aromatic heterocycles. The van der Waals surface area contributed by atoms with Gasteiger partial charge >= 0.3 is 11.9 Å². The number of rotatable bonds is 15. The third-order valence-corrected chi connectivity index (χ3v) is 6.85. The third-order valence-electron chi connectivity index (χ3n) is 6.85. The van der Waals surface area contributed by atoms with Crippen LogP contribution in [0.1, 0.15) is 48.9 Å². The Morgan fingerprint density at radius 1 is 0.714 bits per heavy atom. The van der Waals surface area contributed by atoms with Crippen molar-refractivity contribution in [3.05, 3.63) is 101 Å². The summed E-state index contributed by atoms with van der Waals surface area (Å²) < 4.78 is 16.7. The average Bonchev–Trinajstić information content (AvgIpc) is 2.96. The molecule has 6 heteroatoms. The van der Waals surface area contributed by atoms with Crippen LogP contribution in [-0.4, -0.2) is 43.5 Å². The van der Waals surface area contributed by atoms with Crippen LogP contribution in [0.25, 0.3) is 22.3 Å². The van der Waals surface area contributed by atoms with Gasteiger partial charge in [0.1, 0.15) is 12.4 Å². The number of carbonyl (C=O) groups is 2. The first-order chi connectivity index (χ1) is 20.1. The first-order valence-corrected chi connectivity index (χ1v) is 14.3. The van der Waals surface area contributed by atoms with Crippen LogP contribution >= 0.6 is 0 Å². The fraction of sp³-hybridized carbons (Fsp3) is 0.333. The summed E-state index contributed by atoms with van der Waals surface area (Å²) in [5.41, 5.74) is 9.47. The predicted molar refractivity (Wildman–Crippen MR) is 168 cm³/mol. The molecule has 0 aliphatic carbocycles. The number of esters is 2. The summed E-state index contributed by atoms with van der Waals surface area (Å²) in [4.78, 5) is 23.7. The van der Waals surface area contributed by atoms with Gasteiger partial charge in [-0.05, 0) is 104 Å². The largest absolute Gasteiger partial charge is 0.491 e. The molecule has 0 aliphatic rings. The Labute approximate surface area is 249 Å². The maximum Gasteiger partial charge on any atom is 0.333 e. The lowest BCUT2D eigenvalue weighted by Gasteiger charge is -2.19. The van der Waals surface area contributed by atoms with Crippen molar-refractivity contribution in [1.82, 2.24) is 0 Å². The van der Waals surface area contributed by atoms with Crippen LogP contribution in [0, 0.1) is 13.8 Å². The summed E-state index contributed by atoms with van der Waals surface area (Å²) in [6, 6.07) is 19.2. The molecular formula is C36H42O6. The molecule has 0 radical (unpaired) electrons. The van der Waals surface area contributed by atoms with E-state index < -0.39 is 11.9 Å². The van der Waals surface area contributed by atoms with E-state index in [-0.39, 0.29) is 26.4 Å². The first kappa shape index (κ1) is 32.4. The predicted octanol–water partition coefficient (Wildman–Crippen LogP) is 7.11. The number of aliphatic hydroxyl groups excluding tert-OH is 1. The molecule has 0 fully saturated rings. The van der Waals surface area contributed by atoms with Crippen LogP contribution in [0.15, 0.2) is 78.9 Å². The first-order valence-electron chi connectivity index (χ1n) is 14.3. The van der Waals surface area contributed by atoms with Crippen LogP contribution in [0.5, 0.6) is 5.75 Å². The molecule has 0 saturated carbocycles. The molecule has 42 heavy (non-hydrogen) atoms. The minimum atomic E-state index is -0.408. The lowest BCUT2D eigenvalue weighted by atomic mass is 9.91. The van der Waals surface area contributed by atoms with Crippen LogP contribution in [0.2, 0.25) is 0 Å². The molecule has 1 N–H and O–H groups in total. The maximum atomic E-state index is 11.9. The number of hydrogen-bond acceptors (Lipinski definition) is 6. The Hall–Kier alpha value is -4.16. The molecule has 0 heterocycles. The van der Waals surface area contributed by atoms with Crippen molar-refractivity contribution in [2.24, 2.45) is 0 Å². The van der Waals surface area contributed by atoms with E-state index in [2.05, 4.69) is 81.6 Å². The topological polar surface area (TPSA) is 82.1 Å². The van der Waals surface area contributed by atoms with Crippen molar-refractivity contribution < 1.29 is 28.9 Å². The molecule has 0 spiro atoms. The molecule has 222 valence electrons. The average molecular weight is 571 g/mol. The van der Waals surface area contributed by atoms with E-state index in [1.165, 1.54) is 5.56 Å². The van der Waals surface area contributed by atoms with Gasteiger partial charge < -0.3 is 19.3 Å². The van der Waals surface area contributed by atoms with Gasteiger partial charge in [0.15, 0.2) is 0 Å². The molecule has 0 atom stereocenters. The lowest BCUT2D eigenvalue weighted by Crippen LogP contribution is -2.10. The maximum absolute atomic E-state index is 11.9. The number of ether oxygens (including phenoxy) is 3. The van der Waals surface area contributed by atoms with Crippen LogP contribution in [0.3, 0.4) is 0 Å². The number of aryl methyl sites for hydroxylation is 4. The number of hydrogen-bond donors (Lipinski definition) is 1. The molecule has 3 aromatic rings. The zero-order chi connectivity index (χ0) is 30.6. The standard InChI is InChI=1S/C36H42O6/c1-24(2)35(38)41-18-7-9-30-22-32(33-16-15-29(21-27(33)6)28-13-11-26(5)12-14-28)23-31(34(30)40-20-17-37)10-8-19-42-36(39)25(3)4/h11-16,21-23,37H,1,3,7-10,17-20H2,2,4-6H3. The molecule has 0 bridgehead atoms. The summed E-state index contributed by atoms with van der Waals surface area (Å²) in [6.07, 6.45) is 2.41. The lowest BCUT2D eigenvalue weighted by molar-refractivity contribution is -0.139. The molecule has 3 rings (SSSR count). The van der Waals surface area contributed by atoms with Gasteiger partial charge in [-0.1, -0.05) is 61.2 Å². The SMILES string of the molecule is C=C(C)C(=O)OCCCc1cc(-c2ccc(-c3ccc(C)cc3)cc2C)cc(CCCOC(=O)C(=C)C)c1OCCO. The van der Waals surface area contributed by atoms with Crippen molar-refractivity contribution in [3.8, 4) is 28.0 Å². The van der Waals surface area contributed by atoms with Crippen molar-refractivity contribution in [2.75, 3.05) is 26.4 Å². The normalized spacial score (nSPS) is 10.7. The Morgan fingerprint density at radius 3 is 1.71 bits per heavy atom. The van der Waals surface area contributed by atoms with Gasteiger partial charge in [0, 0.05) is 11.1 Å². The second kappa shape index (κ2) is 15.7. The summed E-state index contributed by atoms with van der Waals surface area (Å²) in [7, 11) is 0. The second-order valence-electron chi connectivity index (χ2n) is 10.6. The quantitative estimate of drug-likeness (QED) is 0.119. The zero-order valence-electron chi connectivity index (χ0n) is 25.3. The highest BCUT2D eigenvalue weighted by molar-refractivity contribution is 5.87. The van der Waals surface area contributed by atoms with Crippen molar-refractivity contribution >= 4 is 11.9 Å². The van der Waals surface area contributed by atoms with Gasteiger partial charge in [-0.25, -0.2) is 9.59 Å². The smallest absolute Gasteiger partial charge is 0.333 e. The van der Waals surface area contributed by atoms with Gasteiger partial charge in [-0.2, -0.15) is 0 Å². The Bertz CT molecular complexity index is 1360. The Morgan fingerprint density at radius 2 is 1.24 bits per heavy atom. The van der Waals surface area contributed by atoms with Crippen LogP contribution < -0.4 is 4.74 Å². The minimum Gasteiger partial charge on any atom is -0.491 e. The zero-order valence-corrected chi connectivity index (χ0v) is 25.3. The van der Waals surface area contributed by atoms with E-state index in [1.807, 2.05) is 0 Å². The van der Waals surface area contributed by atoms with Gasteiger partial charge in [0.25, 0.3) is 0 Å². The molecule has 0 unspecified atom stereocenters. The highest BCUT2D eigenvalue weighted by atomic mass is 16.5. The van der Waals surface area contributed by atoms with Crippen molar-refractivity contribution in [3.63, 3.8) is 0 Å². The summed E-state index contributed by atoms with van der Waals surface area (Å²) in [5, 5.41) is 9.51. The Kier molecular flexibility index (Phi) is 12.1. The number of carbonyl (C=O) groups excluding carboxylic acids is 2. The van der Waals surface area contributed by atoms with Crippen LogP contribution in [0.4, 0.5) is 0 Å². The van der Waals surface area contributed by atoms with E-state index in [1.54, 1.807) is 13.8 Å². The molecule has 3 aromatic carbocycles. The summed E-state index contributed by atoms with van der Waals surface area (Å²) >= 11 is 0. The molecule has 6 nitrogen and oxygen atoms in total. The minimum absolute atomic E-state index is 0.118. The van der Waals surface area contributed by atoms with Gasteiger partial charge in [-0.15, -0.1) is 0 Å². The van der Waals surface area contributed by atoms with E-state index >= 15 is 0 Å². The van der Waals surface area contributed by atoms with E-state index in [9.17, 15) is 14.7 Å². The fourth-order valence-corrected chi connectivity index (χ4v) is 4.63. The number of benzene rings is 3. The van der Waals surface area contributed by atoms with E-state index in [4.69, 9.17) is 14.2 Å². The van der Waals surface area contributed by atoms with Gasteiger partial charge in [0.2, 0.25) is 0 Å². The van der Waals surface area contributed by atoms with Crippen molar-refractivity contribution in [2.45, 2.75) is 53.4 Å². The molecular weight excluding hydrogens is 528 g/mol. The molecule has 0 saturated heterocycles. The van der Waals surface area contributed by atoms with Crippen LogP contribution in [-0.2, 0) is 31.9 Å². The number of aliphatic hydroxyl groups is 1. The highest BCUT2D eigenvalue weighted by Crippen LogP contribution is 2.36. The molecule has 0 aliphatic heterocycles. The van der Waals surface area contributed by atoms with Gasteiger partial charge in [0.05, 0.1) is 19.8 Å². The van der Waals surface area contributed by atoms with E-state index in [0.717, 1.165) is 38.9 Å². The Balaban J connectivity index is 1.96. The highest BCUT2D eigenvalue weighted by Gasteiger charge is 2.16. The van der Waals surface area contributed by atoms with Crippen molar-refractivity contribution in [1.29, 1.82) is 0 Å². The fourth-order valence-electron chi connectivity index (χ4n) is 4.63. The monoisotopic (exact) mass is 570 g/mol. The molecule has 0 amide bonds. The summed E-state index contributed by atoms with van der Waals surface area (Å²) in [5.74, 6) is -0.108.